The van der Waals surface area contributed by atoms with E-state index in [2.05, 4.69) is 10.6 Å². The standard InChI is InChI=1S/C23H37N3O5/c1-9-26(21(29)18(14(2)3)25-22(30)31-23(6,7)8)19(20(28)24-15(4)5)16-10-12-17(27)13-11-16/h10-15,18-19,27H,9H2,1-8H3,(H,24,28)(H,25,30). The predicted octanol–water partition coefficient (Wildman–Crippen LogP) is 3.36. The molecule has 0 aliphatic heterocycles. The zero-order valence-electron chi connectivity index (χ0n) is 19.9. The van der Waals surface area contributed by atoms with Crippen LogP contribution < -0.4 is 10.6 Å². The minimum absolute atomic E-state index is 0.0628. The fourth-order valence-electron chi connectivity index (χ4n) is 3.09. The molecule has 8 heteroatoms. The number of phenols is 1. The number of ether oxygens (including phenoxy) is 1. The van der Waals surface area contributed by atoms with Gasteiger partial charge in [0.05, 0.1) is 0 Å². The summed E-state index contributed by atoms with van der Waals surface area (Å²) < 4.78 is 5.31. The summed E-state index contributed by atoms with van der Waals surface area (Å²) in [4.78, 5) is 40.4. The summed E-state index contributed by atoms with van der Waals surface area (Å²) in [6.07, 6.45) is -0.691. The van der Waals surface area contributed by atoms with E-state index >= 15 is 0 Å². The first kappa shape index (κ1) is 26.3. The number of nitrogens with zero attached hydrogens (tertiary/aromatic N) is 1. The smallest absolute Gasteiger partial charge is 0.408 e. The van der Waals surface area contributed by atoms with Crippen LogP contribution in [-0.4, -0.2) is 52.1 Å². The van der Waals surface area contributed by atoms with E-state index in [9.17, 15) is 19.5 Å². The van der Waals surface area contributed by atoms with E-state index in [1.807, 2.05) is 27.7 Å². The number of rotatable bonds is 8. The number of hydrogen-bond donors (Lipinski definition) is 3. The third-order valence-electron chi connectivity index (χ3n) is 4.43. The molecule has 0 bridgehead atoms. The van der Waals surface area contributed by atoms with Crippen LogP contribution >= 0.6 is 0 Å². The topological polar surface area (TPSA) is 108 Å². The van der Waals surface area contributed by atoms with Gasteiger partial charge in [0, 0.05) is 12.6 Å². The van der Waals surface area contributed by atoms with Gasteiger partial charge < -0.3 is 25.4 Å². The molecule has 1 aromatic rings. The van der Waals surface area contributed by atoms with Gasteiger partial charge in [0.15, 0.2) is 0 Å². The Morgan fingerprint density at radius 2 is 1.58 bits per heavy atom. The average molecular weight is 436 g/mol. The molecule has 0 saturated heterocycles. The molecule has 0 aliphatic rings. The molecule has 1 aromatic carbocycles. The highest BCUT2D eigenvalue weighted by Gasteiger charge is 2.36. The van der Waals surface area contributed by atoms with Gasteiger partial charge in [-0.05, 0) is 65.2 Å². The molecular weight excluding hydrogens is 398 g/mol. The SMILES string of the molecule is CCN(C(=O)C(NC(=O)OC(C)(C)C)C(C)C)C(C(=O)NC(C)C)c1ccc(O)cc1. The number of nitrogens with one attached hydrogen (secondary N) is 2. The summed E-state index contributed by atoms with van der Waals surface area (Å²) in [7, 11) is 0. The normalized spacial score (nSPS) is 13.5. The number of benzene rings is 1. The lowest BCUT2D eigenvalue weighted by Crippen LogP contribution is -2.55. The molecule has 0 spiro atoms. The van der Waals surface area contributed by atoms with Gasteiger partial charge in [0.1, 0.15) is 23.4 Å². The molecule has 1 rings (SSSR count). The van der Waals surface area contributed by atoms with Crippen LogP contribution in [-0.2, 0) is 14.3 Å². The van der Waals surface area contributed by atoms with E-state index < -0.39 is 23.8 Å². The first-order valence-electron chi connectivity index (χ1n) is 10.7. The van der Waals surface area contributed by atoms with Crippen molar-refractivity contribution >= 4 is 17.9 Å². The third kappa shape index (κ3) is 8.11. The second-order valence-corrected chi connectivity index (χ2v) is 9.15. The van der Waals surface area contributed by atoms with E-state index in [0.29, 0.717) is 5.56 Å². The Morgan fingerprint density at radius 1 is 1.03 bits per heavy atom. The van der Waals surface area contributed by atoms with E-state index in [-0.39, 0.29) is 36.1 Å². The molecule has 0 aliphatic carbocycles. The number of phenolic OH excluding ortho intramolecular Hbond substituents is 1. The van der Waals surface area contributed by atoms with Gasteiger partial charge in [-0.15, -0.1) is 0 Å². The summed E-state index contributed by atoms with van der Waals surface area (Å²) in [5.74, 6) is -0.897. The molecule has 3 amide bonds. The lowest BCUT2D eigenvalue weighted by atomic mass is 9.98. The molecule has 8 nitrogen and oxygen atoms in total. The zero-order chi connectivity index (χ0) is 23.9. The largest absolute Gasteiger partial charge is 0.508 e. The first-order chi connectivity index (χ1) is 14.3. The number of hydrogen-bond acceptors (Lipinski definition) is 5. The third-order valence-corrected chi connectivity index (χ3v) is 4.43. The molecule has 2 unspecified atom stereocenters. The second kappa shape index (κ2) is 11.0. The van der Waals surface area contributed by atoms with Crippen molar-refractivity contribution < 1.29 is 24.2 Å². The second-order valence-electron chi connectivity index (χ2n) is 9.15. The monoisotopic (exact) mass is 435 g/mol. The average Bonchev–Trinajstić information content (AvgIpc) is 2.62. The molecular formula is C23H37N3O5. The summed E-state index contributed by atoms with van der Waals surface area (Å²) in [6.45, 7) is 14.6. The van der Waals surface area contributed by atoms with Gasteiger partial charge in [-0.2, -0.15) is 0 Å². The Morgan fingerprint density at radius 3 is 2.00 bits per heavy atom. The number of carbonyl (C=O) groups is 3. The highest BCUT2D eigenvalue weighted by Crippen LogP contribution is 2.25. The molecule has 0 fully saturated rings. The van der Waals surface area contributed by atoms with Crippen LogP contribution in [0.1, 0.15) is 67.0 Å². The van der Waals surface area contributed by atoms with Crippen LogP contribution in [0, 0.1) is 5.92 Å². The molecule has 3 N–H and O–H groups in total. The molecule has 0 heterocycles. The zero-order valence-corrected chi connectivity index (χ0v) is 19.9. The Labute approximate surface area is 185 Å². The predicted molar refractivity (Wildman–Crippen MR) is 120 cm³/mol. The maximum absolute atomic E-state index is 13.5. The Kier molecular flexibility index (Phi) is 9.34. The molecule has 0 aromatic heterocycles. The highest BCUT2D eigenvalue weighted by atomic mass is 16.6. The lowest BCUT2D eigenvalue weighted by Gasteiger charge is -2.35. The minimum atomic E-state index is -0.915. The maximum atomic E-state index is 13.5. The molecule has 31 heavy (non-hydrogen) atoms. The molecule has 174 valence electrons. The van der Waals surface area contributed by atoms with Crippen molar-refractivity contribution in [3.63, 3.8) is 0 Å². The summed E-state index contributed by atoms with van der Waals surface area (Å²) in [6, 6.07) is 4.26. The van der Waals surface area contributed by atoms with Crippen molar-refractivity contribution in [1.82, 2.24) is 15.5 Å². The summed E-state index contributed by atoms with van der Waals surface area (Å²) >= 11 is 0. The summed E-state index contributed by atoms with van der Waals surface area (Å²) in [5.41, 5.74) is -0.143. The molecule has 0 saturated carbocycles. The number of amides is 3. The van der Waals surface area contributed by atoms with Crippen molar-refractivity contribution in [2.24, 2.45) is 5.92 Å². The van der Waals surface area contributed by atoms with Crippen LogP contribution in [0.3, 0.4) is 0 Å². The van der Waals surface area contributed by atoms with Gasteiger partial charge in [0.25, 0.3) is 0 Å². The van der Waals surface area contributed by atoms with Crippen molar-refractivity contribution in [2.75, 3.05) is 6.54 Å². The van der Waals surface area contributed by atoms with Crippen molar-refractivity contribution in [2.45, 2.75) is 79.1 Å². The Balaban J connectivity index is 3.29. The highest BCUT2D eigenvalue weighted by molar-refractivity contribution is 5.92. The number of aromatic hydroxyl groups is 1. The van der Waals surface area contributed by atoms with Crippen LogP contribution in [0.2, 0.25) is 0 Å². The minimum Gasteiger partial charge on any atom is -0.508 e. The van der Waals surface area contributed by atoms with Crippen molar-refractivity contribution in [1.29, 1.82) is 0 Å². The van der Waals surface area contributed by atoms with Gasteiger partial charge in [-0.1, -0.05) is 26.0 Å². The first-order valence-corrected chi connectivity index (χ1v) is 10.7. The van der Waals surface area contributed by atoms with Gasteiger partial charge in [-0.25, -0.2) is 4.79 Å². The van der Waals surface area contributed by atoms with Gasteiger partial charge in [-0.3, -0.25) is 9.59 Å². The molecule has 2 atom stereocenters. The van der Waals surface area contributed by atoms with Crippen LogP contribution in [0.5, 0.6) is 5.75 Å². The quantitative estimate of drug-likeness (QED) is 0.580. The maximum Gasteiger partial charge on any atom is 0.408 e. The molecule has 0 radical (unpaired) electrons. The number of carbonyl (C=O) groups excluding carboxylic acids is 3. The van der Waals surface area contributed by atoms with Crippen LogP contribution in [0.25, 0.3) is 0 Å². The number of likely N-dealkylation sites (N-methyl/N-ethyl adjacent to an activating group) is 1. The van der Waals surface area contributed by atoms with Crippen molar-refractivity contribution in [3.8, 4) is 5.75 Å². The fourth-order valence-corrected chi connectivity index (χ4v) is 3.09. The lowest BCUT2D eigenvalue weighted by molar-refractivity contribution is -0.143. The fraction of sp³-hybridized carbons (Fsp3) is 0.609. The van der Waals surface area contributed by atoms with E-state index in [0.717, 1.165) is 0 Å². The van der Waals surface area contributed by atoms with Crippen LogP contribution in [0.15, 0.2) is 24.3 Å². The Hall–Kier alpha value is -2.77. The Bertz CT molecular complexity index is 753. The van der Waals surface area contributed by atoms with E-state index in [4.69, 9.17) is 4.74 Å². The van der Waals surface area contributed by atoms with Crippen LogP contribution in [0.4, 0.5) is 4.79 Å². The van der Waals surface area contributed by atoms with Gasteiger partial charge in [0.2, 0.25) is 11.8 Å². The van der Waals surface area contributed by atoms with Gasteiger partial charge >= 0.3 is 6.09 Å². The van der Waals surface area contributed by atoms with Crippen molar-refractivity contribution in [3.05, 3.63) is 29.8 Å². The number of alkyl carbamates (subject to hydrolysis) is 1. The van der Waals surface area contributed by atoms with E-state index in [1.54, 1.807) is 39.8 Å². The summed E-state index contributed by atoms with van der Waals surface area (Å²) in [5, 5.41) is 15.2. The van der Waals surface area contributed by atoms with E-state index in [1.165, 1.54) is 17.0 Å².